The Morgan fingerprint density at radius 2 is 1.96 bits per heavy atom. The largest absolute Gasteiger partial charge is 0.329 e. The smallest absolute Gasteiger partial charge is 0.299 e. The summed E-state index contributed by atoms with van der Waals surface area (Å²) < 4.78 is 2.96. The van der Waals surface area contributed by atoms with Gasteiger partial charge in [0.1, 0.15) is 0 Å². The van der Waals surface area contributed by atoms with Crippen molar-refractivity contribution in [3.63, 3.8) is 0 Å². The van der Waals surface area contributed by atoms with Crippen molar-refractivity contribution in [3.8, 4) is 0 Å². The molecule has 0 aliphatic carbocycles. The molecule has 8 heteroatoms. The van der Waals surface area contributed by atoms with Crippen molar-refractivity contribution in [1.29, 1.82) is 0 Å². The van der Waals surface area contributed by atoms with Crippen molar-refractivity contribution >= 4 is 22.8 Å². The number of aryl methyl sites for hydroxylation is 1. The first-order chi connectivity index (χ1) is 12.4. The Hall–Kier alpha value is -3.42. The molecule has 0 saturated heterocycles. The first-order valence-corrected chi connectivity index (χ1v) is 8.08. The van der Waals surface area contributed by atoms with Crippen LogP contribution in [0.1, 0.15) is 19.4 Å². The van der Waals surface area contributed by atoms with Gasteiger partial charge in [-0.25, -0.2) is 10.2 Å². The number of hydrogen-bond donors (Lipinski definition) is 2. The Balaban J connectivity index is 2.12. The molecule has 0 unspecified atom stereocenters. The number of aromatic nitrogens is 4. The molecule has 0 bridgehead atoms. The number of anilines is 1. The fourth-order valence-corrected chi connectivity index (χ4v) is 2.62. The van der Waals surface area contributed by atoms with Gasteiger partial charge in [-0.2, -0.15) is 10.1 Å². The highest BCUT2D eigenvalue weighted by atomic mass is 16.2. The van der Waals surface area contributed by atoms with E-state index >= 15 is 0 Å². The Morgan fingerprint density at radius 1 is 1.27 bits per heavy atom. The van der Waals surface area contributed by atoms with Crippen molar-refractivity contribution in [2.75, 3.05) is 5.43 Å². The molecule has 0 atom stereocenters. The lowest BCUT2D eigenvalue weighted by molar-refractivity contribution is 0.799. The second kappa shape index (κ2) is 6.83. The van der Waals surface area contributed by atoms with E-state index in [1.54, 1.807) is 11.6 Å². The summed E-state index contributed by atoms with van der Waals surface area (Å²) in [5.74, 6) is 0.366. The van der Waals surface area contributed by atoms with E-state index in [0.29, 0.717) is 18.0 Å². The third-order valence-electron chi connectivity index (χ3n) is 3.95. The molecule has 3 aromatic rings. The van der Waals surface area contributed by atoms with E-state index in [9.17, 15) is 9.59 Å². The van der Waals surface area contributed by atoms with Crippen LogP contribution in [-0.4, -0.2) is 24.8 Å². The van der Waals surface area contributed by atoms with E-state index in [-0.39, 0.29) is 5.65 Å². The van der Waals surface area contributed by atoms with E-state index < -0.39 is 11.2 Å². The van der Waals surface area contributed by atoms with Crippen LogP contribution in [-0.2, 0) is 13.6 Å². The second-order valence-electron chi connectivity index (χ2n) is 6.14. The number of nitrogens with one attached hydrogen (secondary N) is 2. The third-order valence-corrected chi connectivity index (χ3v) is 3.95. The number of rotatable bonds is 5. The van der Waals surface area contributed by atoms with Crippen LogP contribution < -0.4 is 16.7 Å². The average Bonchev–Trinajstić information content (AvgIpc) is 2.97. The van der Waals surface area contributed by atoms with Gasteiger partial charge in [0, 0.05) is 13.6 Å². The number of benzene rings is 1. The summed E-state index contributed by atoms with van der Waals surface area (Å²) in [5.41, 5.74) is 5.06. The highest BCUT2D eigenvalue weighted by Crippen LogP contribution is 2.17. The normalized spacial score (nSPS) is 11.7. The molecule has 0 spiro atoms. The van der Waals surface area contributed by atoms with Crippen LogP contribution >= 0.6 is 0 Å². The van der Waals surface area contributed by atoms with Gasteiger partial charge in [-0.05, 0) is 19.4 Å². The zero-order chi connectivity index (χ0) is 18.8. The molecule has 3 rings (SSSR count). The van der Waals surface area contributed by atoms with Crippen molar-refractivity contribution in [2.24, 2.45) is 12.1 Å². The molecule has 26 heavy (non-hydrogen) atoms. The fraction of sp³-hybridized carbons (Fsp3) is 0.222. The molecule has 134 valence electrons. The second-order valence-corrected chi connectivity index (χ2v) is 6.14. The SMILES string of the molecule is C=C(C)Cn1c(N/N=C(\C)c2ccccc2)nc2c1c(=O)[nH]c(=O)n2C. The number of aromatic amines is 1. The van der Waals surface area contributed by atoms with Crippen LogP contribution in [0.2, 0.25) is 0 Å². The Kier molecular flexibility index (Phi) is 4.57. The molecule has 2 aromatic heterocycles. The molecule has 1 aromatic carbocycles. The monoisotopic (exact) mass is 352 g/mol. The van der Waals surface area contributed by atoms with Gasteiger partial charge in [0.2, 0.25) is 5.95 Å². The summed E-state index contributed by atoms with van der Waals surface area (Å²) in [7, 11) is 1.56. The molecule has 2 heterocycles. The van der Waals surface area contributed by atoms with Gasteiger partial charge in [-0.3, -0.25) is 18.9 Å². The molecule has 0 fully saturated rings. The molecular weight excluding hydrogens is 332 g/mol. The number of nitrogens with zero attached hydrogens (tertiary/aromatic N) is 4. The molecule has 0 aliphatic heterocycles. The molecular formula is C18H20N6O2. The average molecular weight is 352 g/mol. The van der Waals surface area contributed by atoms with Crippen molar-refractivity contribution in [3.05, 3.63) is 68.9 Å². The van der Waals surface area contributed by atoms with E-state index in [2.05, 4.69) is 27.1 Å². The minimum atomic E-state index is -0.516. The van der Waals surface area contributed by atoms with Crippen LogP contribution in [0, 0.1) is 0 Å². The summed E-state index contributed by atoms with van der Waals surface area (Å²) in [6, 6.07) is 9.70. The van der Waals surface area contributed by atoms with Gasteiger partial charge >= 0.3 is 5.69 Å². The quantitative estimate of drug-likeness (QED) is 0.416. The van der Waals surface area contributed by atoms with Gasteiger partial charge in [0.05, 0.1) is 5.71 Å². The molecule has 8 nitrogen and oxygen atoms in total. The molecule has 0 aliphatic rings. The van der Waals surface area contributed by atoms with Gasteiger partial charge in [0.15, 0.2) is 11.2 Å². The van der Waals surface area contributed by atoms with Crippen LogP contribution in [0.25, 0.3) is 11.2 Å². The molecule has 0 saturated carbocycles. The van der Waals surface area contributed by atoms with Gasteiger partial charge < -0.3 is 0 Å². The lowest BCUT2D eigenvalue weighted by Crippen LogP contribution is -2.29. The standard InChI is InChI=1S/C18H20N6O2/c1-11(2)10-24-14-15(23(4)18(26)20-16(14)25)19-17(24)22-21-12(3)13-8-6-5-7-9-13/h5-9H,1,10H2,2-4H3,(H,19,22)(H,20,25,26)/b21-12+. The summed E-state index contributed by atoms with van der Waals surface area (Å²) in [6.45, 7) is 8.00. The lowest BCUT2D eigenvalue weighted by Gasteiger charge is -2.08. The van der Waals surface area contributed by atoms with Crippen molar-refractivity contribution < 1.29 is 0 Å². The van der Waals surface area contributed by atoms with Gasteiger partial charge in [0.25, 0.3) is 5.56 Å². The van der Waals surface area contributed by atoms with E-state index in [1.807, 2.05) is 44.2 Å². The first kappa shape index (κ1) is 17.4. The van der Waals surface area contributed by atoms with E-state index in [0.717, 1.165) is 16.8 Å². The van der Waals surface area contributed by atoms with Gasteiger partial charge in [-0.1, -0.05) is 42.5 Å². The van der Waals surface area contributed by atoms with Crippen LogP contribution in [0.4, 0.5) is 5.95 Å². The molecule has 2 N–H and O–H groups in total. The zero-order valence-electron chi connectivity index (χ0n) is 14.9. The number of H-pyrrole nitrogens is 1. The Labute approximate surface area is 149 Å². The maximum atomic E-state index is 12.3. The van der Waals surface area contributed by atoms with Crippen LogP contribution in [0.5, 0.6) is 0 Å². The topological polar surface area (TPSA) is 97.1 Å². The van der Waals surface area contributed by atoms with Crippen LogP contribution in [0.3, 0.4) is 0 Å². The number of fused-ring (bicyclic) bond motifs is 1. The number of hydrazone groups is 1. The molecule has 0 amide bonds. The zero-order valence-corrected chi connectivity index (χ0v) is 14.9. The number of allylic oxidation sites excluding steroid dienone is 1. The maximum Gasteiger partial charge on any atom is 0.329 e. The first-order valence-electron chi connectivity index (χ1n) is 8.08. The minimum absolute atomic E-state index is 0.287. The summed E-state index contributed by atoms with van der Waals surface area (Å²) in [5, 5.41) is 4.36. The fourth-order valence-electron chi connectivity index (χ4n) is 2.62. The maximum absolute atomic E-state index is 12.3. The predicted octanol–water partition coefficient (Wildman–Crippen LogP) is 1.84. The minimum Gasteiger partial charge on any atom is -0.299 e. The van der Waals surface area contributed by atoms with Gasteiger partial charge in [-0.15, -0.1) is 0 Å². The number of hydrogen-bond acceptors (Lipinski definition) is 5. The summed E-state index contributed by atoms with van der Waals surface area (Å²) in [4.78, 5) is 30.8. The molecule has 0 radical (unpaired) electrons. The van der Waals surface area contributed by atoms with Crippen molar-refractivity contribution in [2.45, 2.75) is 20.4 Å². The van der Waals surface area contributed by atoms with E-state index in [4.69, 9.17) is 0 Å². The number of imidazole rings is 1. The summed E-state index contributed by atoms with van der Waals surface area (Å²) in [6.07, 6.45) is 0. The highest BCUT2D eigenvalue weighted by Gasteiger charge is 2.17. The van der Waals surface area contributed by atoms with Crippen molar-refractivity contribution in [1.82, 2.24) is 19.1 Å². The van der Waals surface area contributed by atoms with E-state index in [1.165, 1.54) is 4.57 Å². The summed E-state index contributed by atoms with van der Waals surface area (Å²) >= 11 is 0. The third kappa shape index (κ3) is 3.21. The Bertz CT molecular complexity index is 1120. The van der Waals surface area contributed by atoms with Crippen LogP contribution in [0.15, 0.2) is 57.2 Å². The lowest BCUT2D eigenvalue weighted by atomic mass is 10.1. The predicted molar refractivity (Wildman–Crippen MR) is 103 cm³/mol. The highest BCUT2D eigenvalue weighted by molar-refractivity contribution is 5.99. The Morgan fingerprint density at radius 3 is 2.62 bits per heavy atom.